The van der Waals surface area contributed by atoms with Crippen LogP contribution in [0, 0.1) is 23.3 Å². The van der Waals surface area contributed by atoms with Crippen LogP contribution in [0.4, 0.5) is 23.2 Å². The lowest BCUT2D eigenvalue weighted by Crippen LogP contribution is -2.39. The van der Waals surface area contributed by atoms with E-state index in [1.165, 1.54) is 4.88 Å². The van der Waals surface area contributed by atoms with Crippen molar-refractivity contribution in [2.24, 2.45) is 15.7 Å². The van der Waals surface area contributed by atoms with E-state index < -0.39 is 41.4 Å². The Morgan fingerprint density at radius 3 is 1.57 bits per heavy atom. The molecule has 0 atom stereocenters. The van der Waals surface area contributed by atoms with Gasteiger partial charge in [-0.15, -0.1) is 11.3 Å². The maximum atomic E-state index is 13.6. The predicted molar refractivity (Wildman–Crippen MR) is 282 cm³/mol. The van der Waals surface area contributed by atoms with Crippen LogP contribution in [0.1, 0.15) is 75.5 Å². The summed E-state index contributed by atoms with van der Waals surface area (Å²) in [6.45, 7) is 17.2. The lowest BCUT2D eigenvalue weighted by atomic mass is 10.1. The van der Waals surface area contributed by atoms with E-state index in [0.29, 0.717) is 143 Å². The van der Waals surface area contributed by atoms with Gasteiger partial charge in [0.25, 0.3) is 0 Å². The fraction of sp³-hybridized carbons (Fsp3) is 0.692. The molecule has 2 heterocycles. The summed E-state index contributed by atoms with van der Waals surface area (Å²) < 4.78 is 113. The lowest BCUT2D eigenvalue weighted by Gasteiger charge is -2.22. The third-order valence-corrected chi connectivity index (χ3v) is 11.7. The first kappa shape index (κ1) is 65.9. The number of halogens is 4. The molecule has 1 aliphatic rings. The van der Waals surface area contributed by atoms with Gasteiger partial charge in [0.05, 0.1) is 149 Å². The molecule has 1 aromatic carbocycles. The van der Waals surface area contributed by atoms with E-state index in [1.807, 2.05) is 17.9 Å². The van der Waals surface area contributed by atoms with Gasteiger partial charge in [0.15, 0.2) is 17.6 Å². The smallest absolute Gasteiger partial charge is 0.313 e. The van der Waals surface area contributed by atoms with Crippen LogP contribution in [0.15, 0.2) is 27.7 Å². The number of amides is 1. The molecule has 0 unspecified atom stereocenters. The van der Waals surface area contributed by atoms with Crippen molar-refractivity contribution in [3.8, 4) is 5.75 Å². The largest absolute Gasteiger partial charge is 0.420 e. The number of aliphatic imine (C=N–C) groups is 2. The second-order valence-electron chi connectivity index (χ2n) is 16.8. The average molecular weight is 1110 g/mol. The van der Waals surface area contributed by atoms with Crippen LogP contribution in [0.3, 0.4) is 0 Å². The molecule has 0 spiro atoms. The lowest BCUT2D eigenvalue weighted by molar-refractivity contribution is -0.136. The number of benzene rings is 1. The Bertz CT molecular complexity index is 1970. The quantitative estimate of drug-likeness (QED) is 0.0129. The zero-order valence-corrected chi connectivity index (χ0v) is 45.5. The second kappa shape index (κ2) is 42.7. The minimum absolute atomic E-state index is 0.0186. The van der Waals surface area contributed by atoms with Gasteiger partial charge in [-0.1, -0.05) is 20.3 Å². The summed E-state index contributed by atoms with van der Waals surface area (Å²) in [6, 6.07) is 2.14. The van der Waals surface area contributed by atoms with Gasteiger partial charge in [0.1, 0.15) is 5.84 Å². The molecule has 4 N–H and O–H groups in total. The number of esters is 1. The summed E-state index contributed by atoms with van der Waals surface area (Å²) in [5, 5.41) is 6.74. The summed E-state index contributed by atoms with van der Waals surface area (Å²) in [7, 11) is 0. The van der Waals surface area contributed by atoms with Crippen LogP contribution in [0.25, 0.3) is 6.08 Å². The molecule has 0 saturated carbocycles. The second-order valence-corrected chi connectivity index (χ2v) is 18.0. The molecule has 24 heteroatoms. The fourth-order valence-electron chi connectivity index (χ4n) is 6.98. The number of ether oxygens (including phenoxy) is 11. The van der Waals surface area contributed by atoms with Crippen molar-refractivity contribution >= 4 is 46.8 Å². The van der Waals surface area contributed by atoms with Crippen molar-refractivity contribution in [1.82, 2.24) is 15.5 Å². The van der Waals surface area contributed by atoms with Crippen molar-refractivity contribution in [2.45, 2.75) is 72.1 Å². The molecule has 0 bridgehead atoms. The van der Waals surface area contributed by atoms with Crippen molar-refractivity contribution in [3.63, 3.8) is 0 Å². The van der Waals surface area contributed by atoms with E-state index in [4.69, 9.17) is 53.1 Å². The zero-order valence-electron chi connectivity index (χ0n) is 44.7. The van der Waals surface area contributed by atoms with Crippen molar-refractivity contribution < 1.29 is 79.3 Å². The number of nitrogens with zero attached hydrogens (tertiary/aromatic N) is 3. The Morgan fingerprint density at radius 2 is 1.09 bits per heavy atom. The fourth-order valence-corrected chi connectivity index (χ4v) is 8.09. The highest BCUT2D eigenvalue weighted by Crippen LogP contribution is 2.35. The maximum Gasteiger partial charge on any atom is 0.313 e. The molecule has 0 aliphatic carbocycles. The number of unbranched alkanes of at least 4 members (excludes halogenated alkanes) is 2. The molecule has 0 fully saturated rings. The number of hydrogen-bond donors (Lipinski definition) is 3. The number of carbonyl (C=O) groups excluding carboxylic acids is 2. The number of nitrogens with two attached hydrogens (primary N) is 1. The normalized spacial score (nSPS) is 12.6. The molecule has 19 nitrogen and oxygen atoms in total. The highest BCUT2D eigenvalue weighted by atomic mass is 32.1. The number of hydrogen-bond acceptors (Lipinski definition) is 17. The molecule has 0 saturated heterocycles. The average Bonchev–Trinajstić information content (AvgIpc) is 3.70. The standard InChI is InChI=1S/C52H82F4N6O13S/c1-4-14-62(15-5-2)51(64)40-36-45-44(61-46(57)37-40)38-41(76-45)10-8-7-9-12-59-52(58-6-3)60-13-17-66-19-21-68-23-25-70-27-29-72-31-33-74-35-34-73-32-30-71-28-26-69-24-22-67-20-18-65-16-11-47(63)75-50-48(55)42(53)39-43(54)49(50)56/h36,38-39H,4-35,37H2,1-3H3,(H2,57,61)(H2,58,59,60). The third-order valence-electron chi connectivity index (χ3n) is 10.6. The van der Waals surface area contributed by atoms with Gasteiger partial charge in [0, 0.05) is 55.7 Å². The first-order valence-corrected chi connectivity index (χ1v) is 27.2. The first-order valence-electron chi connectivity index (χ1n) is 26.4. The predicted octanol–water partition coefficient (Wildman–Crippen LogP) is 6.16. The summed E-state index contributed by atoms with van der Waals surface area (Å²) in [5.41, 5.74) is 7.83. The molecule has 2 aromatic rings. The van der Waals surface area contributed by atoms with Gasteiger partial charge < -0.3 is 73.4 Å². The van der Waals surface area contributed by atoms with Crippen LogP contribution in [0.5, 0.6) is 5.75 Å². The highest BCUT2D eigenvalue weighted by molar-refractivity contribution is 7.13. The Morgan fingerprint density at radius 1 is 0.632 bits per heavy atom. The Hall–Kier alpha value is -4.34. The number of carbonyl (C=O) groups is 2. The van der Waals surface area contributed by atoms with E-state index in [0.717, 1.165) is 74.7 Å². The van der Waals surface area contributed by atoms with Crippen LogP contribution in [-0.4, -0.2) is 193 Å². The van der Waals surface area contributed by atoms with Gasteiger partial charge in [-0.25, -0.2) is 13.8 Å². The highest BCUT2D eigenvalue weighted by Gasteiger charge is 2.24. The minimum Gasteiger partial charge on any atom is -0.420 e. The van der Waals surface area contributed by atoms with Crippen molar-refractivity contribution in [2.75, 3.05) is 165 Å². The molecule has 76 heavy (non-hydrogen) atoms. The van der Waals surface area contributed by atoms with Gasteiger partial charge in [-0.05, 0) is 51.2 Å². The molecule has 3 rings (SSSR count). The number of amidine groups is 1. The van der Waals surface area contributed by atoms with E-state index in [-0.39, 0.29) is 31.8 Å². The van der Waals surface area contributed by atoms with Crippen LogP contribution >= 0.6 is 11.3 Å². The monoisotopic (exact) mass is 1110 g/mol. The Balaban J connectivity index is 1.00. The number of thiophene rings is 1. The Kier molecular flexibility index (Phi) is 37.0. The molecule has 1 aromatic heterocycles. The Labute approximate surface area is 449 Å². The zero-order chi connectivity index (χ0) is 54.9. The van der Waals surface area contributed by atoms with Crippen LogP contribution in [-0.2, 0) is 63.4 Å². The van der Waals surface area contributed by atoms with Crippen LogP contribution < -0.4 is 21.1 Å². The van der Waals surface area contributed by atoms with E-state index in [2.05, 4.69) is 45.3 Å². The number of rotatable bonds is 46. The van der Waals surface area contributed by atoms with E-state index in [1.54, 1.807) is 11.3 Å². The third kappa shape index (κ3) is 29.4. The number of guanidine groups is 1. The number of fused-ring (bicyclic) bond motifs is 1. The topological polar surface area (TPSA) is 214 Å². The van der Waals surface area contributed by atoms with Gasteiger partial charge in [0.2, 0.25) is 23.3 Å². The molecule has 432 valence electrons. The molecular weight excluding hydrogens is 1020 g/mol. The van der Waals surface area contributed by atoms with Crippen molar-refractivity contribution in [1.29, 1.82) is 0 Å². The summed E-state index contributed by atoms with van der Waals surface area (Å²) in [5.74, 6) is -8.18. The van der Waals surface area contributed by atoms with Gasteiger partial charge >= 0.3 is 5.97 Å². The minimum atomic E-state index is -1.80. The SMILES string of the molecule is CCCN(CCC)C(=O)C1=Cc2sc(CCCCCN/C(=N/CC)NCCOCCOCCOCCOCCOCCOCCOCCOCCOCCOCCC(=O)Oc3c(F)c(F)cc(F)c3F)cc2N=C(N)C1. The summed E-state index contributed by atoms with van der Waals surface area (Å²) >= 11 is 1.70. The van der Waals surface area contributed by atoms with E-state index in [9.17, 15) is 27.2 Å². The van der Waals surface area contributed by atoms with Crippen molar-refractivity contribution in [3.05, 3.63) is 50.7 Å². The summed E-state index contributed by atoms with van der Waals surface area (Å²) in [6.07, 6.45) is 7.90. The maximum absolute atomic E-state index is 13.6. The summed E-state index contributed by atoms with van der Waals surface area (Å²) in [4.78, 5) is 38.4. The van der Waals surface area contributed by atoms with Crippen LogP contribution in [0.2, 0.25) is 0 Å². The first-order chi connectivity index (χ1) is 37.1. The van der Waals surface area contributed by atoms with Gasteiger partial charge in [-0.3, -0.25) is 14.6 Å². The molecule has 1 aliphatic heterocycles. The number of nitrogens with one attached hydrogen (secondary N) is 2. The van der Waals surface area contributed by atoms with E-state index >= 15 is 0 Å². The molecule has 0 radical (unpaired) electrons. The number of aryl methyl sites for hydroxylation is 1. The van der Waals surface area contributed by atoms with Gasteiger partial charge in [-0.2, -0.15) is 8.78 Å². The molecule has 1 amide bonds. The molecular formula is C52H82F4N6O13S.